The fourth-order valence-corrected chi connectivity index (χ4v) is 5.37. The molecule has 0 aromatic heterocycles. The van der Waals surface area contributed by atoms with E-state index in [0.29, 0.717) is 0 Å². The fourth-order valence-electron chi connectivity index (χ4n) is 5.04. The minimum absolute atomic E-state index is 0.810. The molecule has 2 heteroatoms. The lowest BCUT2D eigenvalue weighted by Crippen LogP contribution is -2.09. The summed E-state index contributed by atoms with van der Waals surface area (Å²) in [5.74, 6) is 0. The number of fused-ring (bicyclic) bond motifs is 2. The van der Waals surface area contributed by atoms with Gasteiger partial charge in [0.25, 0.3) is 0 Å². The maximum Gasteiger partial charge on any atom is 0.0563 e. The predicted octanol–water partition coefficient (Wildman–Crippen LogP) is 10.9. The van der Waals surface area contributed by atoms with Crippen LogP contribution in [-0.4, -0.2) is 0 Å². The number of rotatable bonds is 5. The summed E-state index contributed by atoms with van der Waals surface area (Å²) in [6, 6.07) is 42.8. The number of hydrogen-bond acceptors (Lipinski definition) is 1. The van der Waals surface area contributed by atoms with Crippen molar-refractivity contribution in [3.05, 3.63) is 149 Å². The van der Waals surface area contributed by atoms with Crippen LogP contribution in [0.4, 0.5) is 17.1 Å². The summed E-state index contributed by atoms with van der Waals surface area (Å²) in [6.07, 6.45) is 4.40. The van der Waals surface area contributed by atoms with Crippen LogP contribution >= 0.6 is 11.6 Å². The Kier molecular flexibility index (Phi) is 6.45. The molecule has 6 aromatic rings. The van der Waals surface area contributed by atoms with Crippen molar-refractivity contribution in [3.8, 4) is 0 Å². The van der Waals surface area contributed by atoms with E-state index in [1.165, 1.54) is 16.7 Å². The summed E-state index contributed by atoms with van der Waals surface area (Å²) in [5.41, 5.74) is 8.23. The SMILES string of the molecule is Cc1ccc(N(c2ccc(C)cc2)c2ccc(/C=C/c3c4ccccc4c(Cl)c4ccccc34)cc2)cc1. The second kappa shape index (κ2) is 10.2. The molecule has 0 heterocycles. The molecule has 0 radical (unpaired) electrons. The zero-order chi connectivity index (χ0) is 26.1. The molecular weight excluding hydrogens is 482 g/mol. The molecule has 1 nitrogen and oxygen atoms in total. The van der Waals surface area contributed by atoms with Gasteiger partial charge in [-0.05, 0) is 72.1 Å². The summed E-state index contributed by atoms with van der Waals surface area (Å²) in [7, 11) is 0. The number of halogens is 1. The Labute approximate surface area is 229 Å². The highest BCUT2D eigenvalue weighted by Gasteiger charge is 2.13. The molecule has 0 amide bonds. The van der Waals surface area contributed by atoms with Crippen molar-refractivity contribution in [1.29, 1.82) is 0 Å². The Balaban J connectivity index is 1.39. The number of aryl methyl sites for hydroxylation is 2. The lowest BCUT2D eigenvalue weighted by atomic mass is 9.96. The van der Waals surface area contributed by atoms with E-state index in [1.807, 2.05) is 12.1 Å². The summed E-state index contributed by atoms with van der Waals surface area (Å²) >= 11 is 6.80. The first-order chi connectivity index (χ1) is 18.6. The van der Waals surface area contributed by atoms with Crippen LogP contribution in [0, 0.1) is 13.8 Å². The van der Waals surface area contributed by atoms with Crippen LogP contribution in [-0.2, 0) is 0 Å². The van der Waals surface area contributed by atoms with E-state index in [-0.39, 0.29) is 0 Å². The first kappa shape index (κ1) is 24.0. The highest BCUT2D eigenvalue weighted by Crippen LogP contribution is 2.38. The average Bonchev–Trinajstić information content (AvgIpc) is 2.96. The zero-order valence-electron chi connectivity index (χ0n) is 21.5. The van der Waals surface area contributed by atoms with Crippen LogP contribution in [0.2, 0.25) is 5.02 Å². The number of anilines is 3. The molecule has 0 spiro atoms. The highest BCUT2D eigenvalue weighted by atomic mass is 35.5. The Bertz CT molecular complexity index is 1660. The van der Waals surface area contributed by atoms with Gasteiger partial charge in [-0.1, -0.05) is 120 Å². The molecule has 0 aliphatic carbocycles. The van der Waals surface area contributed by atoms with Gasteiger partial charge in [0.15, 0.2) is 0 Å². The highest BCUT2D eigenvalue weighted by molar-refractivity contribution is 6.41. The molecule has 38 heavy (non-hydrogen) atoms. The molecular formula is C36H28ClN. The molecule has 0 aliphatic heterocycles. The average molecular weight is 510 g/mol. The van der Waals surface area contributed by atoms with Gasteiger partial charge in [-0.3, -0.25) is 0 Å². The molecule has 0 saturated heterocycles. The van der Waals surface area contributed by atoms with E-state index in [2.05, 4.69) is 140 Å². The van der Waals surface area contributed by atoms with E-state index in [0.717, 1.165) is 49.2 Å². The van der Waals surface area contributed by atoms with Crippen LogP contribution in [0.25, 0.3) is 33.7 Å². The molecule has 0 unspecified atom stereocenters. The predicted molar refractivity (Wildman–Crippen MR) is 166 cm³/mol. The zero-order valence-corrected chi connectivity index (χ0v) is 22.3. The van der Waals surface area contributed by atoms with Gasteiger partial charge >= 0.3 is 0 Å². The first-order valence-corrected chi connectivity index (χ1v) is 13.3. The molecule has 0 bridgehead atoms. The number of nitrogens with zero attached hydrogens (tertiary/aromatic N) is 1. The van der Waals surface area contributed by atoms with Crippen molar-refractivity contribution in [2.45, 2.75) is 13.8 Å². The van der Waals surface area contributed by atoms with Crippen LogP contribution in [0.5, 0.6) is 0 Å². The van der Waals surface area contributed by atoms with Crippen molar-refractivity contribution in [3.63, 3.8) is 0 Å². The minimum Gasteiger partial charge on any atom is -0.311 e. The Morgan fingerprint density at radius 3 is 1.32 bits per heavy atom. The largest absolute Gasteiger partial charge is 0.311 e. The molecule has 0 aliphatic rings. The van der Waals surface area contributed by atoms with Gasteiger partial charge in [-0.2, -0.15) is 0 Å². The molecule has 0 saturated carbocycles. The van der Waals surface area contributed by atoms with Crippen molar-refractivity contribution >= 4 is 62.4 Å². The summed E-state index contributed by atoms with van der Waals surface area (Å²) in [5, 5.41) is 5.29. The topological polar surface area (TPSA) is 3.24 Å². The van der Waals surface area contributed by atoms with E-state index in [4.69, 9.17) is 11.6 Å². The third kappa shape index (κ3) is 4.58. The molecule has 6 rings (SSSR count). The van der Waals surface area contributed by atoms with Gasteiger partial charge in [0.05, 0.1) is 5.02 Å². The van der Waals surface area contributed by atoms with Gasteiger partial charge in [0.2, 0.25) is 0 Å². The standard InChI is InChI=1S/C36H28ClN/c1-25-11-18-28(19-12-25)38(29-20-13-26(2)14-21-29)30-22-15-27(16-23-30)17-24-33-31-7-3-5-9-34(31)36(37)35-10-6-4-8-32(33)35/h3-24H,1-2H3/b24-17+. The Morgan fingerprint density at radius 1 is 0.474 bits per heavy atom. The smallest absolute Gasteiger partial charge is 0.0563 e. The Morgan fingerprint density at radius 2 is 0.868 bits per heavy atom. The van der Waals surface area contributed by atoms with Gasteiger partial charge in [0.1, 0.15) is 0 Å². The number of hydrogen-bond donors (Lipinski definition) is 0. The van der Waals surface area contributed by atoms with Gasteiger partial charge < -0.3 is 4.90 Å². The third-order valence-corrected chi connectivity index (χ3v) is 7.49. The number of benzene rings is 6. The second-order valence-corrected chi connectivity index (χ2v) is 10.1. The summed E-state index contributed by atoms with van der Waals surface area (Å²) in [4.78, 5) is 2.30. The molecule has 0 atom stereocenters. The third-order valence-electron chi connectivity index (χ3n) is 7.09. The maximum atomic E-state index is 6.80. The molecule has 6 aromatic carbocycles. The van der Waals surface area contributed by atoms with Crippen LogP contribution < -0.4 is 4.90 Å². The fraction of sp³-hybridized carbons (Fsp3) is 0.0556. The van der Waals surface area contributed by atoms with E-state index in [1.54, 1.807) is 0 Å². The molecule has 0 N–H and O–H groups in total. The van der Waals surface area contributed by atoms with Gasteiger partial charge in [0, 0.05) is 27.8 Å². The van der Waals surface area contributed by atoms with Crippen molar-refractivity contribution in [1.82, 2.24) is 0 Å². The van der Waals surface area contributed by atoms with E-state index in [9.17, 15) is 0 Å². The van der Waals surface area contributed by atoms with Crippen LogP contribution in [0.1, 0.15) is 22.3 Å². The van der Waals surface area contributed by atoms with Crippen LogP contribution in [0.15, 0.2) is 121 Å². The van der Waals surface area contributed by atoms with E-state index < -0.39 is 0 Å². The summed E-state index contributed by atoms with van der Waals surface area (Å²) in [6.45, 7) is 4.24. The lowest BCUT2D eigenvalue weighted by molar-refractivity contribution is 1.27. The Hall–Kier alpha value is -4.33. The quantitative estimate of drug-likeness (QED) is 0.165. The lowest BCUT2D eigenvalue weighted by Gasteiger charge is -2.26. The second-order valence-electron chi connectivity index (χ2n) is 9.75. The monoisotopic (exact) mass is 509 g/mol. The van der Waals surface area contributed by atoms with Crippen LogP contribution in [0.3, 0.4) is 0 Å². The molecule has 184 valence electrons. The first-order valence-electron chi connectivity index (χ1n) is 12.9. The van der Waals surface area contributed by atoms with Gasteiger partial charge in [-0.25, -0.2) is 0 Å². The van der Waals surface area contributed by atoms with E-state index >= 15 is 0 Å². The van der Waals surface area contributed by atoms with Crippen molar-refractivity contribution in [2.24, 2.45) is 0 Å². The summed E-state index contributed by atoms with van der Waals surface area (Å²) < 4.78 is 0. The van der Waals surface area contributed by atoms with Crippen molar-refractivity contribution in [2.75, 3.05) is 4.90 Å². The maximum absolute atomic E-state index is 6.80. The molecule has 0 fully saturated rings. The minimum atomic E-state index is 0.810. The van der Waals surface area contributed by atoms with Crippen molar-refractivity contribution < 1.29 is 0 Å². The van der Waals surface area contributed by atoms with Gasteiger partial charge in [-0.15, -0.1) is 0 Å². The normalized spacial score (nSPS) is 11.4.